The maximum atomic E-state index is 5.83. The van der Waals surface area contributed by atoms with Gasteiger partial charge in [-0.3, -0.25) is 0 Å². The van der Waals surface area contributed by atoms with Gasteiger partial charge in [-0.05, 0) is 74.2 Å². The van der Waals surface area contributed by atoms with Crippen LogP contribution in [0.2, 0.25) is 0 Å². The average molecular weight is 399 g/mol. The first-order valence-electron chi connectivity index (χ1n) is 11.2. The first kappa shape index (κ1) is 22.9. The van der Waals surface area contributed by atoms with Gasteiger partial charge in [-0.25, -0.2) is 0 Å². The van der Waals surface area contributed by atoms with E-state index >= 15 is 0 Å². The zero-order valence-corrected chi connectivity index (χ0v) is 18.5. The van der Waals surface area contributed by atoms with Crippen LogP contribution < -0.4 is 20.1 Å². The van der Waals surface area contributed by atoms with Crippen LogP contribution >= 0.6 is 0 Å². The molecule has 2 N–H and O–H groups in total. The molecule has 0 heterocycles. The van der Waals surface area contributed by atoms with E-state index in [1.54, 1.807) is 0 Å². The number of hydrogen-bond acceptors (Lipinski definition) is 4. The van der Waals surface area contributed by atoms with Crippen LogP contribution in [0.15, 0.2) is 48.5 Å². The van der Waals surface area contributed by atoms with Gasteiger partial charge in [0.15, 0.2) is 0 Å². The monoisotopic (exact) mass is 398 g/mol. The van der Waals surface area contributed by atoms with Gasteiger partial charge in [0.1, 0.15) is 11.5 Å². The average Bonchev–Trinajstić information content (AvgIpc) is 2.77. The quantitative estimate of drug-likeness (QED) is 0.346. The molecule has 29 heavy (non-hydrogen) atoms. The Bertz CT molecular complexity index is 603. The molecule has 0 aromatic heterocycles. The highest BCUT2D eigenvalue weighted by Gasteiger charge is 2.04. The summed E-state index contributed by atoms with van der Waals surface area (Å²) in [6.45, 7) is 10.1. The molecule has 2 rings (SSSR count). The number of anilines is 2. The topological polar surface area (TPSA) is 42.5 Å². The van der Waals surface area contributed by atoms with Crippen LogP contribution in [0.5, 0.6) is 11.5 Å². The minimum atomic E-state index is 0.531. The Morgan fingerprint density at radius 1 is 0.586 bits per heavy atom. The van der Waals surface area contributed by atoms with Gasteiger partial charge in [0.2, 0.25) is 0 Å². The molecular weight excluding hydrogens is 360 g/mol. The maximum absolute atomic E-state index is 5.83. The van der Waals surface area contributed by atoms with Gasteiger partial charge >= 0.3 is 0 Å². The zero-order valence-electron chi connectivity index (χ0n) is 18.5. The summed E-state index contributed by atoms with van der Waals surface area (Å²) in [7, 11) is 0. The molecule has 2 aromatic carbocycles. The van der Waals surface area contributed by atoms with Gasteiger partial charge in [0.05, 0.1) is 13.2 Å². The van der Waals surface area contributed by atoms with Crippen LogP contribution in [0.4, 0.5) is 11.4 Å². The Labute approximate surface area is 177 Å². The second-order valence-electron chi connectivity index (χ2n) is 7.41. The van der Waals surface area contributed by atoms with Crippen molar-refractivity contribution in [1.29, 1.82) is 0 Å². The molecule has 0 spiro atoms. The lowest BCUT2D eigenvalue weighted by atomic mass is 10.1. The van der Waals surface area contributed by atoms with Gasteiger partial charge in [-0.2, -0.15) is 0 Å². The lowest BCUT2D eigenvalue weighted by molar-refractivity contribution is 0.247. The summed E-state index contributed by atoms with van der Waals surface area (Å²) in [4.78, 5) is 0. The summed E-state index contributed by atoms with van der Waals surface area (Å²) in [5.74, 6) is 1.80. The highest BCUT2D eigenvalue weighted by atomic mass is 16.5. The number of ether oxygens (including phenoxy) is 2. The van der Waals surface area contributed by atoms with E-state index in [9.17, 15) is 0 Å². The third kappa shape index (κ3) is 8.26. The van der Waals surface area contributed by atoms with Crippen LogP contribution in [-0.4, -0.2) is 25.3 Å². The van der Waals surface area contributed by atoms with Crippen LogP contribution in [0, 0.1) is 0 Å². The van der Waals surface area contributed by atoms with Crippen molar-refractivity contribution in [3.63, 3.8) is 0 Å². The molecule has 0 radical (unpaired) electrons. The third-order valence-corrected chi connectivity index (χ3v) is 5.25. The summed E-state index contributed by atoms with van der Waals surface area (Å²) < 4.78 is 11.7. The van der Waals surface area contributed by atoms with Gasteiger partial charge in [-0.15, -0.1) is 0 Å². The molecule has 0 saturated carbocycles. The molecular formula is C25H38N2O2. The fourth-order valence-electron chi connectivity index (χ4n) is 3.19. The lowest BCUT2D eigenvalue weighted by Gasteiger charge is -2.16. The SMILES string of the molecule is CCC(CC)Nc1ccc(OCCCOc2ccc(NC(CC)CC)cc2)cc1. The second kappa shape index (κ2) is 13.0. The summed E-state index contributed by atoms with van der Waals surface area (Å²) in [5, 5.41) is 7.08. The molecule has 0 bridgehead atoms. The molecule has 4 nitrogen and oxygen atoms in total. The van der Waals surface area contributed by atoms with Gasteiger partial charge < -0.3 is 20.1 Å². The van der Waals surface area contributed by atoms with E-state index in [0.29, 0.717) is 25.3 Å². The Kier molecular flexibility index (Phi) is 10.3. The maximum Gasteiger partial charge on any atom is 0.119 e. The Balaban J connectivity index is 1.65. The zero-order chi connectivity index (χ0) is 20.9. The van der Waals surface area contributed by atoms with E-state index in [0.717, 1.165) is 55.0 Å². The van der Waals surface area contributed by atoms with Crippen molar-refractivity contribution < 1.29 is 9.47 Å². The van der Waals surface area contributed by atoms with Gasteiger partial charge in [-0.1, -0.05) is 27.7 Å². The molecule has 0 atom stereocenters. The Morgan fingerprint density at radius 3 is 1.24 bits per heavy atom. The third-order valence-electron chi connectivity index (χ3n) is 5.25. The fraction of sp³-hybridized carbons (Fsp3) is 0.520. The smallest absolute Gasteiger partial charge is 0.119 e. The molecule has 2 aromatic rings. The number of nitrogens with one attached hydrogen (secondary N) is 2. The summed E-state index contributed by atoms with van der Waals surface area (Å²) >= 11 is 0. The van der Waals surface area contributed by atoms with Crippen LogP contribution in [0.3, 0.4) is 0 Å². The number of hydrogen-bond donors (Lipinski definition) is 2. The molecule has 0 saturated heterocycles. The minimum Gasteiger partial charge on any atom is -0.493 e. The molecule has 0 amide bonds. The molecule has 0 fully saturated rings. The van der Waals surface area contributed by atoms with Crippen molar-refractivity contribution in [3.8, 4) is 11.5 Å². The number of rotatable bonds is 14. The van der Waals surface area contributed by atoms with E-state index in [4.69, 9.17) is 9.47 Å². The van der Waals surface area contributed by atoms with Crippen molar-refractivity contribution in [3.05, 3.63) is 48.5 Å². The number of benzene rings is 2. The van der Waals surface area contributed by atoms with Crippen molar-refractivity contribution in [2.75, 3.05) is 23.8 Å². The van der Waals surface area contributed by atoms with Crippen LogP contribution in [-0.2, 0) is 0 Å². The first-order chi connectivity index (χ1) is 14.2. The fourth-order valence-corrected chi connectivity index (χ4v) is 3.19. The largest absolute Gasteiger partial charge is 0.493 e. The van der Waals surface area contributed by atoms with Crippen LogP contribution in [0.1, 0.15) is 59.8 Å². The van der Waals surface area contributed by atoms with E-state index < -0.39 is 0 Å². The van der Waals surface area contributed by atoms with E-state index in [-0.39, 0.29) is 0 Å². The van der Waals surface area contributed by atoms with E-state index in [1.807, 2.05) is 24.3 Å². The van der Waals surface area contributed by atoms with E-state index in [2.05, 4.69) is 62.6 Å². The second-order valence-corrected chi connectivity index (χ2v) is 7.41. The molecule has 4 heteroatoms. The molecule has 0 aliphatic rings. The first-order valence-corrected chi connectivity index (χ1v) is 11.2. The highest BCUT2D eigenvalue weighted by molar-refractivity contribution is 5.47. The molecule has 0 aliphatic carbocycles. The Morgan fingerprint density at radius 2 is 0.931 bits per heavy atom. The van der Waals surface area contributed by atoms with Gasteiger partial charge in [0, 0.05) is 29.9 Å². The highest BCUT2D eigenvalue weighted by Crippen LogP contribution is 2.19. The standard InChI is InChI=1S/C25H38N2O2/c1-5-20(6-2)26-22-10-14-24(15-11-22)28-18-9-19-29-25-16-12-23(13-17-25)27-21(7-3)8-4/h10-17,20-21,26-27H,5-9,18-19H2,1-4H3. The predicted molar refractivity (Wildman–Crippen MR) is 124 cm³/mol. The molecule has 0 aliphatic heterocycles. The van der Waals surface area contributed by atoms with Crippen molar-refractivity contribution in [2.45, 2.75) is 71.9 Å². The van der Waals surface area contributed by atoms with Gasteiger partial charge in [0.25, 0.3) is 0 Å². The predicted octanol–water partition coefficient (Wildman–Crippen LogP) is 6.74. The minimum absolute atomic E-state index is 0.531. The normalized spacial score (nSPS) is 11.0. The summed E-state index contributed by atoms with van der Waals surface area (Å²) in [6.07, 6.45) is 5.37. The summed E-state index contributed by atoms with van der Waals surface area (Å²) in [6, 6.07) is 17.5. The van der Waals surface area contributed by atoms with Crippen molar-refractivity contribution in [1.82, 2.24) is 0 Å². The lowest BCUT2D eigenvalue weighted by Crippen LogP contribution is -2.16. The molecule has 160 valence electrons. The summed E-state index contributed by atoms with van der Waals surface area (Å²) in [5.41, 5.74) is 2.30. The molecule has 0 unspecified atom stereocenters. The van der Waals surface area contributed by atoms with Crippen LogP contribution in [0.25, 0.3) is 0 Å². The van der Waals surface area contributed by atoms with E-state index in [1.165, 1.54) is 0 Å². The Hall–Kier alpha value is -2.36. The van der Waals surface area contributed by atoms with Crippen molar-refractivity contribution >= 4 is 11.4 Å². The van der Waals surface area contributed by atoms with Crippen molar-refractivity contribution in [2.24, 2.45) is 0 Å².